The van der Waals surface area contributed by atoms with E-state index in [-0.39, 0.29) is 17.7 Å². The molecular weight excluding hydrogens is 394 g/mol. The van der Waals surface area contributed by atoms with Crippen LogP contribution < -0.4 is 10.6 Å². The van der Waals surface area contributed by atoms with Gasteiger partial charge in [0.25, 0.3) is 5.91 Å². The van der Waals surface area contributed by atoms with Gasteiger partial charge in [0, 0.05) is 47.7 Å². The molecule has 2 amide bonds. The maximum absolute atomic E-state index is 12.6. The third-order valence-electron chi connectivity index (χ3n) is 5.21. The summed E-state index contributed by atoms with van der Waals surface area (Å²) in [5.41, 5.74) is 2.82. The first-order chi connectivity index (χ1) is 15.1. The van der Waals surface area contributed by atoms with Crippen LogP contribution >= 0.6 is 0 Å². The summed E-state index contributed by atoms with van der Waals surface area (Å²) in [5, 5.41) is 20.7. The fourth-order valence-electron chi connectivity index (χ4n) is 3.34. The minimum absolute atomic E-state index is 0.0223. The molecule has 0 atom stereocenters. The molecule has 0 aliphatic heterocycles. The quantitative estimate of drug-likeness (QED) is 0.499. The molecule has 3 N–H and O–H groups in total. The molecule has 1 aromatic carbocycles. The average molecular weight is 419 g/mol. The number of anilines is 1. The molecule has 0 spiro atoms. The van der Waals surface area contributed by atoms with E-state index in [1.54, 1.807) is 36.7 Å². The number of phenolic OH excluding ortho intramolecular Hbond substituents is 1. The smallest absolute Gasteiger partial charge is 0.342 e. The second-order valence-electron chi connectivity index (χ2n) is 7.65. The largest absolute Gasteiger partial charge is 0.507 e. The normalized spacial score (nSPS) is 13.1. The number of hydrogen-bond acceptors (Lipinski definition) is 5. The Balaban J connectivity index is 1.55. The number of aromatic nitrogens is 3. The molecule has 8 heteroatoms. The van der Waals surface area contributed by atoms with E-state index in [0.29, 0.717) is 35.0 Å². The van der Waals surface area contributed by atoms with Crippen LogP contribution in [0.1, 0.15) is 54.6 Å². The number of carbonyl (C=O) groups is 2. The zero-order valence-corrected chi connectivity index (χ0v) is 17.3. The number of nitrogens with zero attached hydrogens (tertiary/aromatic N) is 3. The van der Waals surface area contributed by atoms with Gasteiger partial charge in [0.2, 0.25) is 0 Å². The second kappa shape index (κ2) is 8.99. The van der Waals surface area contributed by atoms with Crippen LogP contribution in [0.2, 0.25) is 0 Å². The van der Waals surface area contributed by atoms with Gasteiger partial charge in [-0.2, -0.15) is 9.78 Å². The Kier molecular flexibility index (Phi) is 5.97. The molecule has 1 aliphatic carbocycles. The third-order valence-corrected chi connectivity index (χ3v) is 5.21. The van der Waals surface area contributed by atoms with Crippen LogP contribution in [0.3, 0.4) is 0 Å². The lowest BCUT2D eigenvalue weighted by atomic mass is 10.1. The van der Waals surface area contributed by atoms with E-state index >= 15 is 0 Å². The number of carbonyl (C=O) groups excluding carboxylic acids is 2. The van der Waals surface area contributed by atoms with Gasteiger partial charge in [-0.25, -0.2) is 4.79 Å². The monoisotopic (exact) mass is 419 g/mol. The van der Waals surface area contributed by atoms with Gasteiger partial charge >= 0.3 is 6.03 Å². The van der Waals surface area contributed by atoms with Gasteiger partial charge in [-0.3, -0.25) is 9.78 Å². The summed E-state index contributed by atoms with van der Waals surface area (Å²) >= 11 is 0. The van der Waals surface area contributed by atoms with Crippen molar-refractivity contribution in [1.29, 1.82) is 0 Å². The van der Waals surface area contributed by atoms with Crippen molar-refractivity contribution < 1.29 is 14.7 Å². The molecular formula is C23H25N5O3. The fourth-order valence-corrected chi connectivity index (χ4v) is 3.34. The van der Waals surface area contributed by atoms with Crippen LogP contribution in [-0.2, 0) is 0 Å². The van der Waals surface area contributed by atoms with Crippen molar-refractivity contribution in [3.63, 3.8) is 0 Å². The lowest BCUT2D eigenvalue weighted by Crippen LogP contribution is -2.31. The molecule has 1 aliphatic rings. The molecule has 8 nitrogen and oxygen atoms in total. The summed E-state index contributed by atoms with van der Waals surface area (Å²) < 4.78 is 1.42. The van der Waals surface area contributed by atoms with Crippen LogP contribution in [0.25, 0.3) is 11.3 Å². The number of amides is 2. The van der Waals surface area contributed by atoms with Crippen LogP contribution in [0.15, 0.2) is 48.8 Å². The number of hydrogen-bond donors (Lipinski definition) is 3. The van der Waals surface area contributed by atoms with Crippen LogP contribution in [-0.4, -0.2) is 38.4 Å². The number of benzene rings is 1. The first kappa shape index (κ1) is 20.6. The molecule has 160 valence electrons. The van der Waals surface area contributed by atoms with Crippen molar-refractivity contribution >= 4 is 17.6 Å². The predicted molar refractivity (Wildman–Crippen MR) is 117 cm³/mol. The van der Waals surface area contributed by atoms with E-state index in [0.717, 1.165) is 31.4 Å². The average Bonchev–Trinajstić information content (AvgIpc) is 3.53. The molecule has 0 saturated heterocycles. The summed E-state index contributed by atoms with van der Waals surface area (Å²) in [6, 6.07) is 9.71. The van der Waals surface area contributed by atoms with Gasteiger partial charge in [-0.1, -0.05) is 13.3 Å². The first-order valence-corrected chi connectivity index (χ1v) is 10.5. The molecule has 3 aromatic rings. The second-order valence-corrected chi connectivity index (χ2v) is 7.65. The SMILES string of the molecule is CCCCNC(=O)n1nc(-c2ccc(NC(=O)c3ccncc3)cc2O)cc1C1CC1. The number of rotatable bonds is 7. The van der Waals surface area contributed by atoms with Crippen molar-refractivity contribution in [2.24, 2.45) is 0 Å². The Labute approximate surface area is 180 Å². The summed E-state index contributed by atoms with van der Waals surface area (Å²) in [5.74, 6) is 0.00348. The van der Waals surface area contributed by atoms with Crippen molar-refractivity contribution in [2.75, 3.05) is 11.9 Å². The number of aromatic hydroxyl groups is 1. The Morgan fingerprint density at radius 1 is 1.16 bits per heavy atom. The van der Waals surface area contributed by atoms with E-state index in [1.807, 2.05) is 6.07 Å². The van der Waals surface area contributed by atoms with Gasteiger partial charge in [0.05, 0.1) is 11.4 Å². The van der Waals surface area contributed by atoms with Gasteiger partial charge in [0.15, 0.2) is 0 Å². The lowest BCUT2D eigenvalue weighted by Gasteiger charge is -2.08. The first-order valence-electron chi connectivity index (χ1n) is 10.5. The highest BCUT2D eigenvalue weighted by Gasteiger charge is 2.30. The molecule has 1 fully saturated rings. The highest BCUT2D eigenvalue weighted by atomic mass is 16.3. The highest BCUT2D eigenvalue weighted by molar-refractivity contribution is 6.04. The zero-order chi connectivity index (χ0) is 21.8. The zero-order valence-electron chi connectivity index (χ0n) is 17.3. The van der Waals surface area contributed by atoms with Gasteiger partial charge in [0.1, 0.15) is 5.75 Å². The lowest BCUT2D eigenvalue weighted by molar-refractivity contribution is 0.102. The topological polar surface area (TPSA) is 109 Å². The van der Waals surface area contributed by atoms with Gasteiger partial charge < -0.3 is 15.7 Å². The fraction of sp³-hybridized carbons (Fsp3) is 0.304. The van der Waals surface area contributed by atoms with Crippen LogP contribution in [0.4, 0.5) is 10.5 Å². The molecule has 31 heavy (non-hydrogen) atoms. The Bertz CT molecular complexity index is 1090. The molecule has 2 heterocycles. The molecule has 4 rings (SSSR count). The minimum Gasteiger partial charge on any atom is -0.507 e. The highest BCUT2D eigenvalue weighted by Crippen LogP contribution is 2.42. The summed E-state index contributed by atoms with van der Waals surface area (Å²) in [6.45, 7) is 2.67. The van der Waals surface area contributed by atoms with E-state index in [2.05, 4.69) is 27.6 Å². The molecule has 2 aromatic heterocycles. The summed E-state index contributed by atoms with van der Waals surface area (Å²) in [7, 11) is 0. The van der Waals surface area contributed by atoms with Crippen molar-refractivity contribution in [1.82, 2.24) is 20.1 Å². The molecule has 0 unspecified atom stereocenters. The standard InChI is InChI=1S/C23H25N5O3/c1-2-3-10-25-23(31)28-20(15-4-5-15)14-19(27-28)18-7-6-17(13-21(18)29)26-22(30)16-8-11-24-12-9-16/h6-9,11-15,29H,2-5,10H2,1H3,(H,25,31)(H,26,30). The number of unbranched alkanes of at least 4 members (excludes halogenated alkanes) is 1. The van der Waals surface area contributed by atoms with E-state index in [9.17, 15) is 14.7 Å². The Morgan fingerprint density at radius 2 is 1.94 bits per heavy atom. The van der Waals surface area contributed by atoms with Crippen molar-refractivity contribution in [3.8, 4) is 17.0 Å². The third kappa shape index (κ3) is 4.74. The van der Waals surface area contributed by atoms with Gasteiger partial charge in [-0.05, 0) is 49.6 Å². The number of nitrogens with one attached hydrogen (secondary N) is 2. The van der Waals surface area contributed by atoms with Crippen LogP contribution in [0.5, 0.6) is 5.75 Å². The predicted octanol–water partition coefficient (Wildman–Crippen LogP) is 4.14. The molecule has 0 bridgehead atoms. The number of pyridine rings is 1. The van der Waals surface area contributed by atoms with Gasteiger partial charge in [-0.15, -0.1) is 0 Å². The molecule has 0 radical (unpaired) electrons. The summed E-state index contributed by atoms with van der Waals surface area (Å²) in [6.07, 6.45) is 7.05. The summed E-state index contributed by atoms with van der Waals surface area (Å²) in [4.78, 5) is 28.8. The Morgan fingerprint density at radius 3 is 2.61 bits per heavy atom. The van der Waals surface area contributed by atoms with E-state index in [1.165, 1.54) is 10.7 Å². The van der Waals surface area contributed by atoms with Crippen molar-refractivity contribution in [2.45, 2.75) is 38.5 Å². The van der Waals surface area contributed by atoms with Crippen LogP contribution in [0, 0.1) is 0 Å². The van der Waals surface area contributed by atoms with E-state index < -0.39 is 0 Å². The van der Waals surface area contributed by atoms with E-state index in [4.69, 9.17) is 0 Å². The molecule has 1 saturated carbocycles. The van der Waals surface area contributed by atoms with Crippen molar-refractivity contribution in [3.05, 3.63) is 60.0 Å². The maximum Gasteiger partial charge on any atom is 0.342 e. The maximum atomic E-state index is 12.6. The minimum atomic E-state index is -0.293. The Hall–Kier alpha value is -3.68. The number of phenols is 1.